The highest BCUT2D eigenvalue weighted by Crippen LogP contribution is 2.21. The van der Waals surface area contributed by atoms with Crippen molar-refractivity contribution in [3.63, 3.8) is 0 Å². The van der Waals surface area contributed by atoms with Gasteiger partial charge in [-0.25, -0.2) is 4.98 Å². The first-order chi connectivity index (χ1) is 9.83. The Bertz CT molecular complexity index is 392. The highest BCUT2D eigenvalue weighted by atomic mass is 32.1. The van der Waals surface area contributed by atoms with E-state index in [1.165, 1.54) is 15.6 Å². The van der Waals surface area contributed by atoms with Gasteiger partial charge in [-0.15, -0.1) is 11.3 Å². The molecule has 114 valence electrons. The number of methoxy groups -OCH3 is 1. The third-order valence-electron chi connectivity index (χ3n) is 3.39. The van der Waals surface area contributed by atoms with Gasteiger partial charge in [0.25, 0.3) is 0 Å². The molecule has 1 saturated heterocycles. The van der Waals surface area contributed by atoms with Crippen molar-refractivity contribution in [1.29, 1.82) is 0 Å². The monoisotopic (exact) mass is 299 g/mol. The number of ether oxygens (including phenoxy) is 2. The lowest BCUT2D eigenvalue weighted by Crippen LogP contribution is -2.35. The molecule has 1 N–H and O–H groups in total. The molecule has 1 aromatic heterocycles. The molecular weight excluding hydrogens is 274 g/mol. The van der Waals surface area contributed by atoms with Crippen molar-refractivity contribution in [2.75, 3.05) is 46.6 Å². The van der Waals surface area contributed by atoms with Crippen LogP contribution in [0.4, 0.5) is 0 Å². The number of hydrogen-bond donors (Lipinski definition) is 1. The van der Waals surface area contributed by atoms with Crippen LogP contribution in [0.3, 0.4) is 0 Å². The lowest BCUT2D eigenvalue weighted by atomic mass is 10.3. The number of thiazole rings is 1. The van der Waals surface area contributed by atoms with Gasteiger partial charge in [0, 0.05) is 38.2 Å². The second-order valence-electron chi connectivity index (χ2n) is 4.89. The maximum atomic E-state index is 5.38. The van der Waals surface area contributed by atoms with E-state index in [4.69, 9.17) is 14.5 Å². The lowest BCUT2D eigenvalue weighted by Gasteiger charge is -2.25. The van der Waals surface area contributed by atoms with Gasteiger partial charge in [0.05, 0.1) is 32.1 Å². The minimum atomic E-state index is 0.751. The number of hydrogen-bond acceptors (Lipinski definition) is 6. The Morgan fingerprint density at radius 1 is 1.40 bits per heavy atom. The number of nitrogens with zero attached hydrogens (tertiary/aromatic N) is 2. The van der Waals surface area contributed by atoms with Gasteiger partial charge < -0.3 is 14.8 Å². The quantitative estimate of drug-likeness (QED) is 0.733. The summed E-state index contributed by atoms with van der Waals surface area (Å²) in [6, 6.07) is 0. The van der Waals surface area contributed by atoms with Crippen LogP contribution in [0, 0.1) is 0 Å². The van der Waals surface area contributed by atoms with Crippen molar-refractivity contribution in [3.05, 3.63) is 15.6 Å². The average molecular weight is 299 g/mol. The van der Waals surface area contributed by atoms with E-state index in [0.717, 1.165) is 59.0 Å². The van der Waals surface area contributed by atoms with Crippen molar-refractivity contribution in [1.82, 2.24) is 15.2 Å². The molecule has 0 spiro atoms. The molecule has 20 heavy (non-hydrogen) atoms. The van der Waals surface area contributed by atoms with Crippen LogP contribution in [0.2, 0.25) is 0 Å². The molecule has 1 fully saturated rings. The zero-order valence-corrected chi connectivity index (χ0v) is 13.3. The summed E-state index contributed by atoms with van der Waals surface area (Å²) in [5.74, 6) is 0. The standard InChI is InChI=1S/C14H25N3O2S/c1-3-12-13(10-15-4-7-18-2)20-14(16-12)11-17-5-8-19-9-6-17/h15H,3-11H2,1-2H3. The maximum Gasteiger partial charge on any atom is 0.107 e. The first kappa shape index (κ1) is 15.9. The van der Waals surface area contributed by atoms with Crippen LogP contribution in [0.1, 0.15) is 22.5 Å². The molecule has 0 amide bonds. The molecule has 0 radical (unpaired) electrons. The molecule has 0 unspecified atom stereocenters. The van der Waals surface area contributed by atoms with Crippen LogP contribution in [-0.2, 0) is 29.0 Å². The van der Waals surface area contributed by atoms with Crippen LogP contribution < -0.4 is 5.32 Å². The summed E-state index contributed by atoms with van der Waals surface area (Å²) in [7, 11) is 1.73. The second kappa shape index (κ2) is 8.69. The van der Waals surface area contributed by atoms with Gasteiger partial charge in [0.15, 0.2) is 0 Å². The Hall–Kier alpha value is -0.530. The fourth-order valence-electron chi connectivity index (χ4n) is 2.25. The highest BCUT2D eigenvalue weighted by molar-refractivity contribution is 7.11. The van der Waals surface area contributed by atoms with Crippen molar-refractivity contribution >= 4 is 11.3 Å². The SMILES string of the molecule is CCc1nc(CN2CCOCC2)sc1CNCCOC. The molecule has 0 bridgehead atoms. The first-order valence-electron chi connectivity index (χ1n) is 7.30. The number of aromatic nitrogens is 1. The summed E-state index contributed by atoms with van der Waals surface area (Å²) < 4.78 is 10.4. The van der Waals surface area contributed by atoms with E-state index in [1.54, 1.807) is 7.11 Å². The molecule has 0 aromatic carbocycles. The predicted octanol–water partition coefficient (Wildman–Crippen LogP) is 1.27. The van der Waals surface area contributed by atoms with Gasteiger partial charge in [0.1, 0.15) is 5.01 Å². The largest absolute Gasteiger partial charge is 0.383 e. The van der Waals surface area contributed by atoms with Crippen LogP contribution in [0.5, 0.6) is 0 Å². The number of rotatable bonds is 8. The van der Waals surface area contributed by atoms with Crippen LogP contribution in [0.15, 0.2) is 0 Å². The van der Waals surface area contributed by atoms with Gasteiger partial charge in [0.2, 0.25) is 0 Å². The molecule has 1 aliphatic rings. The molecule has 1 aliphatic heterocycles. The molecular formula is C14H25N3O2S. The van der Waals surface area contributed by atoms with E-state index in [9.17, 15) is 0 Å². The summed E-state index contributed by atoms with van der Waals surface area (Å²) in [5.41, 5.74) is 1.24. The second-order valence-corrected chi connectivity index (χ2v) is 6.06. The Balaban J connectivity index is 1.87. The van der Waals surface area contributed by atoms with Crippen molar-refractivity contribution in [2.24, 2.45) is 0 Å². The van der Waals surface area contributed by atoms with Gasteiger partial charge in [-0.2, -0.15) is 0 Å². The van der Waals surface area contributed by atoms with E-state index in [-0.39, 0.29) is 0 Å². The topological polar surface area (TPSA) is 46.6 Å². The molecule has 2 heterocycles. The highest BCUT2D eigenvalue weighted by Gasteiger charge is 2.15. The molecule has 6 heteroatoms. The summed E-state index contributed by atoms with van der Waals surface area (Å²) in [6.45, 7) is 9.38. The zero-order chi connectivity index (χ0) is 14.2. The zero-order valence-electron chi connectivity index (χ0n) is 12.5. The van der Waals surface area contributed by atoms with Crippen molar-refractivity contribution < 1.29 is 9.47 Å². The maximum absolute atomic E-state index is 5.38. The van der Waals surface area contributed by atoms with Gasteiger partial charge >= 0.3 is 0 Å². The Kier molecular flexibility index (Phi) is 6.89. The summed E-state index contributed by atoms with van der Waals surface area (Å²) in [6.07, 6.45) is 1.00. The smallest absolute Gasteiger partial charge is 0.107 e. The Morgan fingerprint density at radius 3 is 2.90 bits per heavy atom. The van der Waals surface area contributed by atoms with Crippen LogP contribution in [-0.4, -0.2) is 56.4 Å². The Labute approximate surface area is 125 Å². The molecule has 2 rings (SSSR count). The molecule has 1 aromatic rings. The fourth-order valence-corrected chi connectivity index (χ4v) is 3.41. The number of nitrogens with one attached hydrogen (secondary N) is 1. The van der Waals surface area contributed by atoms with Gasteiger partial charge in [-0.05, 0) is 6.42 Å². The molecule has 0 atom stereocenters. The third kappa shape index (κ3) is 4.79. The summed E-state index contributed by atoms with van der Waals surface area (Å²) >= 11 is 1.84. The van der Waals surface area contributed by atoms with E-state index in [1.807, 2.05) is 11.3 Å². The van der Waals surface area contributed by atoms with E-state index in [0.29, 0.717) is 0 Å². The van der Waals surface area contributed by atoms with E-state index in [2.05, 4.69) is 17.1 Å². The first-order valence-corrected chi connectivity index (χ1v) is 8.12. The molecule has 0 aliphatic carbocycles. The average Bonchev–Trinajstić information content (AvgIpc) is 2.86. The molecule has 5 nitrogen and oxygen atoms in total. The van der Waals surface area contributed by atoms with Crippen molar-refractivity contribution in [3.8, 4) is 0 Å². The predicted molar refractivity (Wildman–Crippen MR) is 81.2 cm³/mol. The summed E-state index contributed by atoms with van der Waals surface area (Å²) in [5, 5.41) is 4.64. The molecule has 0 saturated carbocycles. The van der Waals surface area contributed by atoms with E-state index < -0.39 is 0 Å². The number of aryl methyl sites for hydroxylation is 1. The van der Waals surface area contributed by atoms with Gasteiger partial charge in [-0.1, -0.05) is 6.92 Å². The normalized spacial score (nSPS) is 16.7. The van der Waals surface area contributed by atoms with Gasteiger partial charge in [-0.3, -0.25) is 4.90 Å². The van der Waals surface area contributed by atoms with Crippen LogP contribution >= 0.6 is 11.3 Å². The fraction of sp³-hybridized carbons (Fsp3) is 0.786. The minimum Gasteiger partial charge on any atom is -0.383 e. The number of morpholine rings is 1. The third-order valence-corrected chi connectivity index (χ3v) is 4.47. The van der Waals surface area contributed by atoms with E-state index >= 15 is 0 Å². The van der Waals surface area contributed by atoms with Crippen LogP contribution in [0.25, 0.3) is 0 Å². The van der Waals surface area contributed by atoms with Crippen molar-refractivity contribution in [2.45, 2.75) is 26.4 Å². The Morgan fingerprint density at radius 2 is 2.20 bits per heavy atom. The lowest BCUT2D eigenvalue weighted by molar-refractivity contribution is 0.0341. The minimum absolute atomic E-state index is 0.751. The summed E-state index contributed by atoms with van der Waals surface area (Å²) in [4.78, 5) is 8.57.